The lowest BCUT2D eigenvalue weighted by atomic mass is 10.1. The molecule has 0 aromatic heterocycles. The van der Waals surface area contributed by atoms with Crippen LogP contribution in [0.4, 0.5) is 0 Å². The van der Waals surface area contributed by atoms with Crippen LogP contribution in [0.5, 0.6) is 0 Å². The van der Waals surface area contributed by atoms with Crippen molar-refractivity contribution in [2.45, 2.75) is 51.5 Å². The number of hydrogen-bond acceptors (Lipinski definition) is 2. The van der Waals surface area contributed by atoms with Crippen LogP contribution < -0.4 is 5.32 Å². The first kappa shape index (κ1) is 12.0. The highest BCUT2D eigenvalue weighted by Gasteiger charge is 2.22. The Balaban J connectivity index is 2.14. The van der Waals surface area contributed by atoms with E-state index in [0.717, 1.165) is 6.04 Å². The zero-order chi connectivity index (χ0) is 10.2. The molecule has 0 spiro atoms. The molecule has 1 rings (SSSR count). The van der Waals surface area contributed by atoms with Crippen molar-refractivity contribution in [1.82, 2.24) is 10.2 Å². The van der Waals surface area contributed by atoms with Crippen LogP contribution >= 0.6 is 0 Å². The summed E-state index contributed by atoms with van der Waals surface area (Å²) >= 11 is 0. The molecule has 2 nitrogen and oxygen atoms in total. The Labute approximate surface area is 89.1 Å². The van der Waals surface area contributed by atoms with E-state index < -0.39 is 0 Å². The van der Waals surface area contributed by atoms with Crippen LogP contribution in [0, 0.1) is 0 Å². The van der Waals surface area contributed by atoms with Crippen LogP contribution in [0.1, 0.15) is 45.4 Å². The van der Waals surface area contributed by atoms with E-state index in [9.17, 15) is 0 Å². The fourth-order valence-corrected chi connectivity index (χ4v) is 2.39. The van der Waals surface area contributed by atoms with Crippen LogP contribution in [0.25, 0.3) is 0 Å². The van der Waals surface area contributed by atoms with E-state index in [1.54, 1.807) is 0 Å². The number of nitrogens with zero attached hydrogens (tertiary/aromatic N) is 1. The van der Waals surface area contributed by atoms with Gasteiger partial charge in [0, 0.05) is 6.04 Å². The number of unbranched alkanes of at least 4 members (excludes halogenated alkanes) is 1. The Morgan fingerprint density at radius 3 is 2.93 bits per heavy atom. The van der Waals surface area contributed by atoms with Gasteiger partial charge in [-0.15, -0.1) is 0 Å². The molecule has 0 radical (unpaired) electrons. The molecule has 2 heteroatoms. The van der Waals surface area contributed by atoms with Gasteiger partial charge in [-0.3, -0.25) is 0 Å². The Hall–Kier alpha value is -0.0800. The molecule has 14 heavy (non-hydrogen) atoms. The topological polar surface area (TPSA) is 15.3 Å². The van der Waals surface area contributed by atoms with Crippen molar-refractivity contribution >= 4 is 0 Å². The van der Waals surface area contributed by atoms with Gasteiger partial charge in [-0.1, -0.05) is 13.3 Å². The zero-order valence-corrected chi connectivity index (χ0v) is 9.89. The lowest BCUT2D eigenvalue weighted by Crippen LogP contribution is -2.30. The zero-order valence-electron chi connectivity index (χ0n) is 9.89. The van der Waals surface area contributed by atoms with Crippen LogP contribution in [0.15, 0.2) is 0 Å². The maximum atomic E-state index is 3.23. The summed E-state index contributed by atoms with van der Waals surface area (Å²) in [4.78, 5) is 2.71. The molecule has 0 aromatic carbocycles. The molecule has 0 saturated carbocycles. The molecule has 1 aliphatic rings. The quantitative estimate of drug-likeness (QED) is 0.631. The van der Waals surface area contributed by atoms with Gasteiger partial charge in [-0.05, 0) is 58.8 Å². The monoisotopic (exact) mass is 198 g/mol. The maximum absolute atomic E-state index is 3.23. The first-order valence-electron chi connectivity index (χ1n) is 6.27. The Morgan fingerprint density at radius 1 is 1.36 bits per heavy atom. The third-order valence-corrected chi connectivity index (χ3v) is 3.26. The molecule has 1 fully saturated rings. The molecule has 0 aliphatic carbocycles. The highest BCUT2D eigenvalue weighted by Crippen LogP contribution is 2.21. The summed E-state index contributed by atoms with van der Waals surface area (Å²) in [6, 6.07) is 0.898. The first-order valence-corrected chi connectivity index (χ1v) is 6.27. The lowest BCUT2D eigenvalue weighted by Gasteiger charge is -2.24. The minimum atomic E-state index is 0.898. The van der Waals surface area contributed by atoms with Crippen LogP contribution in [0.2, 0.25) is 0 Å². The Morgan fingerprint density at radius 2 is 2.21 bits per heavy atom. The highest BCUT2D eigenvalue weighted by molar-refractivity contribution is 4.78. The van der Waals surface area contributed by atoms with Crippen LogP contribution in [-0.4, -0.2) is 37.6 Å². The average Bonchev–Trinajstić information content (AvgIpc) is 2.63. The fraction of sp³-hybridized carbons (Fsp3) is 1.00. The van der Waals surface area contributed by atoms with Gasteiger partial charge in [0.15, 0.2) is 0 Å². The molecule has 1 saturated heterocycles. The third-order valence-electron chi connectivity index (χ3n) is 3.26. The molecule has 0 aromatic rings. The third kappa shape index (κ3) is 3.97. The molecule has 0 amide bonds. The van der Waals surface area contributed by atoms with Gasteiger partial charge < -0.3 is 10.2 Å². The summed E-state index contributed by atoms with van der Waals surface area (Å²) < 4.78 is 0. The number of nitrogens with one attached hydrogen (secondary N) is 1. The van der Waals surface area contributed by atoms with Crippen molar-refractivity contribution in [2.24, 2.45) is 0 Å². The molecule has 1 atom stereocenters. The van der Waals surface area contributed by atoms with Crippen molar-refractivity contribution in [3.63, 3.8) is 0 Å². The fourth-order valence-electron chi connectivity index (χ4n) is 2.39. The molecule has 1 heterocycles. The second-order valence-corrected chi connectivity index (χ2v) is 4.43. The van der Waals surface area contributed by atoms with Gasteiger partial charge in [-0.25, -0.2) is 0 Å². The Bertz CT molecular complexity index is 136. The predicted octanol–water partition coefficient (Wildman–Crippen LogP) is 2.25. The van der Waals surface area contributed by atoms with Gasteiger partial charge >= 0.3 is 0 Å². The van der Waals surface area contributed by atoms with Crippen molar-refractivity contribution < 1.29 is 0 Å². The molecule has 84 valence electrons. The highest BCUT2D eigenvalue weighted by atomic mass is 15.2. The lowest BCUT2D eigenvalue weighted by molar-refractivity contribution is 0.236. The first-order chi connectivity index (χ1) is 6.88. The van der Waals surface area contributed by atoms with Gasteiger partial charge in [0.1, 0.15) is 0 Å². The van der Waals surface area contributed by atoms with Crippen LogP contribution in [-0.2, 0) is 0 Å². The van der Waals surface area contributed by atoms with Crippen molar-refractivity contribution in [3.05, 3.63) is 0 Å². The van der Waals surface area contributed by atoms with E-state index >= 15 is 0 Å². The summed E-state index contributed by atoms with van der Waals surface area (Å²) in [5, 5.41) is 3.23. The molecule has 0 bridgehead atoms. The van der Waals surface area contributed by atoms with Crippen molar-refractivity contribution in [1.29, 1.82) is 0 Å². The summed E-state index contributed by atoms with van der Waals surface area (Å²) in [7, 11) is 2.05. The SMILES string of the molecule is CCCCN1CCC[C@H]1CCCNC. The van der Waals surface area contributed by atoms with Gasteiger partial charge in [0.05, 0.1) is 0 Å². The van der Waals surface area contributed by atoms with Gasteiger partial charge in [0.25, 0.3) is 0 Å². The molecule has 1 N–H and O–H groups in total. The largest absolute Gasteiger partial charge is 0.320 e. The molecule has 0 unspecified atom stereocenters. The minimum absolute atomic E-state index is 0.898. The number of hydrogen-bond donors (Lipinski definition) is 1. The molecule has 1 aliphatic heterocycles. The van der Waals surface area contributed by atoms with Crippen molar-refractivity contribution in [3.8, 4) is 0 Å². The molecular weight excluding hydrogens is 172 g/mol. The smallest absolute Gasteiger partial charge is 0.00962 e. The van der Waals surface area contributed by atoms with E-state index in [0.29, 0.717) is 0 Å². The number of likely N-dealkylation sites (tertiary alicyclic amines) is 1. The maximum Gasteiger partial charge on any atom is 0.00962 e. The van der Waals surface area contributed by atoms with Gasteiger partial charge in [0.2, 0.25) is 0 Å². The summed E-state index contributed by atoms with van der Waals surface area (Å²) in [5.74, 6) is 0. The average molecular weight is 198 g/mol. The minimum Gasteiger partial charge on any atom is -0.320 e. The summed E-state index contributed by atoms with van der Waals surface area (Å²) in [5.41, 5.74) is 0. The standard InChI is InChI=1S/C12H26N2/c1-3-4-10-14-11-6-8-12(14)7-5-9-13-2/h12-13H,3-11H2,1-2H3/t12-/m1/s1. The van der Waals surface area contributed by atoms with Gasteiger partial charge in [-0.2, -0.15) is 0 Å². The van der Waals surface area contributed by atoms with E-state index in [4.69, 9.17) is 0 Å². The summed E-state index contributed by atoms with van der Waals surface area (Å²) in [6.45, 7) is 6.15. The second-order valence-electron chi connectivity index (χ2n) is 4.43. The van der Waals surface area contributed by atoms with E-state index in [1.165, 1.54) is 58.2 Å². The van der Waals surface area contributed by atoms with E-state index in [2.05, 4.69) is 17.1 Å². The number of rotatable bonds is 7. The second kappa shape index (κ2) is 7.24. The van der Waals surface area contributed by atoms with Crippen molar-refractivity contribution in [2.75, 3.05) is 26.7 Å². The Kier molecular flexibility index (Phi) is 6.20. The summed E-state index contributed by atoms with van der Waals surface area (Å²) in [6.07, 6.45) is 8.30. The van der Waals surface area contributed by atoms with E-state index in [1.807, 2.05) is 7.05 Å². The van der Waals surface area contributed by atoms with E-state index in [-0.39, 0.29) is 0 Å². The van der Waals surface area contributed by atoms with Crippen LogP contribution in [0.3, 0.4) is 0 Å². The molecular formula is C12H26N2. The normalized spacial score (nSPS) is 23.1. The predicted molar refractivity (Wildman–Crippen MR) is 62.7 cm³/mol.